The van der Waals surface area contributed by atoms with Crippen molar-refractivity contribution in [1.82, 2.24) is 15.3 Å². The predicted octanol–water partition coefficient (Wildman–Crippen LogP) is 1.12. The topological polar surface area (TPSA) is 63.4 Å². The van der Waals surface area contributed by atoms with Crippen molar-refractivity contribution in [1.29, 1.82) is 0 Å². The van der Waals surface area contributed by atoms with Gasteiger partial charge >= 0.3 is 0 Å². The van der Waals surface area contributed by atoms with Crippen molar-refractivity contribution >= 4 is 5.71 Å². The van der Waals surface area contributed by atoms with E-state index in [1.807, 2.05) is 6.07 Å². The molecule has 1 atom stereocenters. The van der Waals surface area contributed by atoms with E-state index in [4.69, 9.17) is 5.41 Å². The van der Waals surface area contributed by atoms with Gasteiger partial charge in [-0.3, -0.25) is 5.41 Å². The number of nitrogens with two attached hydrogens (primary N) is 1. The van der Waals surface area contributed by atoms with E-state index in [2.05, 4.69) is 15.3 Å². The maximum atomic E-state index is 13.7. The number of nitrogens with one attached hydrogen (secondary N) is 1. The third kappa shape index (κ3) is 3.74. The summed E-state index contributed by atoms with van der Waals surface area (Å²) >= 11 is 0. The molecule has 1 aliphatic carbocycles. The fraction of sp³-hybridized carbons (Fsp3) is 0.353. The van der Waals surface area contributed by atoms with Gasteiger partial charge in [-0.15, -0.1) is 0 Å². The number of hydrogen-bond donors (Lipinski definition) is 2. The van der Waals surface area contributed by atoms with E-state index in [-0.39, 0.29) is 11.9 Å². The summed E-state index contributed by atoms with van der Waals surface area (Å²) in [6, 6.07) is 8.86. The molecule has 0 radical (unpaired) electrons. The molecular formula is C17H20FN4+. The van der Waals surface area contributed by atoms with Crippen LogP contribution in [-0.4, -0.2) is 21.7 Å². The first-order valence-corrected chi connectivity index (χ1v) is 7.59. The minimum Gasteiger partial charge on any atom is -0.309 e. The van der Waals surface area contributed by atoms with Crippen LogP contribution in [-0.2, 0) is 6.54 Å². The summed E-state index contributed by atoms with van der Waals surface area (Å²) in [5.74, 6) is 1.02. The van der Waals surface area contributed by atoms with Crippen LogP contribution in [0.15, 0.2) is 42.7 Å². The van der Waals surface area contributed by atoms with Gasteiger partial charge in [-0.2, -0.15) is 0 Å². The molecule has 0 amide bonds. The summed E-state index contributed by atoms with van der Waals surface area (Å²) in [6.07, 6.45) is 6.45. The van der Waals surface area contributed by atoms with Crippen molar-refractivity contribution in [2.75, 3.05) is 0 Å². The Balaban J connectivity index is 1.61. The van der Waals surface area contributed by atoms with Crippen LogP contribution in [0, 0.1) is 11.7 Å². The Kier molecular flexibility index (Phi) is 4.53. The average molecular weight is 299 g/mol. The fourth-order valence-electron chi connectivity index (χ4n) is 2.58. The lowest BCUT2D eigenvalue weighted by atomic mass is 10.0. The second kappa shape index (κ2) is 6.75. The Morgan fingerprint density at radius 1 is 1.23 bits per heavy atom. The molecular weight excluding hydrogens is 279 g/mol. The zero-order valence-electron chi connectivity index (χ0n) is 12.4. The quantitative estimate of drug-likeness (QED) is 0.753. The van der Waals surface area contributed by atoms with Crippen molar-refractivity contribution in [3.8, 4) is 0 Å². The zero-order chi connectivity index (χ0) is 15.4. The lowest BCUT2D eigenvalue weighted by Crippen LogP contribution is -2.46. The molecule has 1 heterocycles. The molecule has 4 nitrogen and oxygen atoms in total. The second-order valence-electron chi connectivity index (χ2n) is 5.72. The molecule has 0 bridgehead atoms. The third-order valence-electron chi connectivity index (χ3n) is 4.00. The maximum absolute atomic E-state index is 13.7. The van der Waals surface area contributed by atoms with Gasteiger partial charge in [0.05, 0.1) is 6.42 Å². The number of halogens is 1. The second-order valence-corrected chi connectivity index (χ2v) is 5.72. The molecule has 2 aromatic rings. The van der Waals surface area contributed by atoms with Gasteiger partial charge in [-0.05, 0) is 30.9 Å². The number of benzene rings is 1. The average Bonchev–Trinajstić information content (AvgIpc) is 3.38. The lowest BCUT2D eigenvalue weighted by Gasteiger charge is -2.17. The Morgan fingerprint density at radius 2 is 1.95 bits per heavy atom. The van der Waals surface area contributed by atoms with Crippen LogP contribution in [0.25, 0.3) is 0 Å². The van der Waals surface area contributed by atoms with Crippen LogP contribution in [0.4, 0.5) is 4.39 Å². The largest absolute Gasteiger partial charge is 0.309 e. The molecule has 0 spiro atoms. The first-order valence-electron chi connectivity index (χ1n) is 7.59. The molecule has 1 unspecified atom stereocenters. The standard InChI is InChI=1S/C17H19FN4/c18-14-5-2-1-4-13(14)11-22-16(12-6-7-12)10-15(19)17-20-8-3-9-21-17/h1-5,8-9,12,16,19,22H,6-7,10-11H2/p+1. The Labute approximate surface area is 129 Å². The van der Waals surface area contributed by atoms with E-state index >= 15 is 0 Å². The molecule has 1 aromatic carbocycles. The molecule has 1 saturated carbocycles. The molecule has 1 aliphatic rings. The summed E-state index contributed by atoms with van der Waals surface area (Å²) in [6.45, 7) is 0.511. The molecule has 0 saturated heterocycles. The van der Waals surface area contributed by atoms with Crippen LogP contribution in [0.1, 0.15) is 30.7 Å². The van der Waals surface area contributed by atoms with Crippen LogP contribution in [0.2, 0.25) is 0 Å². The van der Waals surface area contributed by atoms with Crippen molar-refractivity contribution in [3.63, 3.8) is 0 Å². The van der Waals surface area contributed by atoms with Gasteiger partial charge in [0.25, 0.3) is 0 Å². The predicted molar refractivity (Wildman–Crippen MR) is 82.4 cm³/mol. The van der Waals surface area contributed by atoms with Crippen molar-refractivity contribution < 1.29 is 9.80 Å². The summed E-state index contributed by atoms with van der Waals surface area (Å²) in [4.78, 5) is 8.37. The lowest BCUT2D eigenvalue weighted by molar-refractivity contribution is -0.116. The highest BCUT2D eigenvalue weighted by Gasteiger charge is 2.33. The maximum Gasteiger partial charge on any atom is 0.220 e. The fourth-order valence-corrected chi connectivity index (χ4v) is 2.58. The zero-order valence-corrected chi connectivity index (χ0v) is 12.4. The highest BCUT2D eigenvalue weighted by atomic mass is 19.1. The molecule has 0 aliphatic heterocycles. The monoisotopic (exact) mass is 299 g/mol. The van der Waals surface area contributed by atoms with E-state index < -0.39 is 0 Å². The Hall–Kier alpha value is -2.14. The van der Waals surface area contributed by atoms with Gasteiger partial charge < -0.3 is 5.32 Å². The van der Waals surface area contributed by atoms with Gasteiger partial charge in [0.15, 0.2) is 0 Å². The molecule has 114 valence electrons. The molecule has 1 fully saturated rings. The van der Waals surface area contributed by atoms with Gasteiger partial charge in [0, 0.05) is 30.5 Å². The Morgan fingerprint density at radius 3 is 2.64 bits per heavy atom. The van der Waals surface area contributed by atoms with Gasteiger partial charge in [0.2, 0.25) is 11.5 Å². The molecule has 3 N–H and O–H groups in total. The highest BCUT2D eigenvalue weighted by Crippen LogP contribution is 2.34. The SMILES string of the molecule is [NH2+]=C(CC(NCc1ccccc1F)C1CC1)c1ncccn1. The van der Waals surface area contributed by atoms with E-state index in [1.165, 1.54) is 18.9 Å². The highest BCUT2D eigenvalue weighted by molar-refractivity contribution is 5.92. The third-order valence-corrected chi connectivity index (χ3v) is 4.00. The van der Waals surface area contributed by atoms with Crippen LogP contribution in [0.5, 0.6) is 0 Å². The number of rotatable bonds is 7. The normalized spacial score (nSPS) is 15.5. The molecule has 5 heteroatoms. The minimum absolute atomic E-state index is 0.173. The van der Waals surface area contributed by atoms with Crippen molar-refractivity contribution in [3.05, 3.63) is 59.9 Å². The van der Waals surface area contributed by atoms with E-state index in [0.29, 0.717) is 36.0 Å². The van der Waals surface area contributed by atoms with Gasteiger partial charge in [-0.25, -0.2) is 14.4 Å². The molecule has 22 heavy (non-hydrogen) atoms. The van der Waals surface area contributed by atoms with Crippen LogP contribution < -0.4 is 10.7 Å². The van der Waals surface area contributed by atoms with Crippen molar-refractivity contribution in [2.24, 2.45) is 5.92 Å². The molecule has 1 aromatic heterocycles. The van der Waals surface area contributed by atoms with E-state index in [1.54, 1.807) is 30.6 Å². The minimum atomic E-state index is -0.173. The summed E-state index contributed by atoms with van der Waals surface area (Å²) in [5.41, 5.74) is 1.36. The first kappa shape index (κ1) is 14.8. The Bertz CT molecular complexity index is 640. The van der Waals surface area contributed by atoms with Gasteiger partial charge in [0.1, 0.15) is 5.82 Å². The first-order chi connectivity index (χ1) is 10.7. The summed E-state index contributed by atoms with van der Waals surface area (Å²) in [5, 5.41) is 9.58. The van der Waals surface area contributed by atoms with E-state index in [9.17, 15) is 4.39 Å². The van der Waals surface area contributed by atoms with Crippen molar-refractivity contribution in [2.45, 2.75) is 31.8 Å². The van der Waals surface area contributed by atoms with Crippen LogP contribution >= 0.6 is 0 Å². The van der Waals surface area contributed by atoms with E-state index in [0.717, 1.165) is 0 Å². The summed E-state index contributed by atoms with van der Waals surface area (Å²) in [7, 11) is 0. The smallest absolute Gasteiger partial charge is 0.220 e. The summed E-state index contributed by atoms with van der Waals surface area (Å²) < 4.78 is 13.7. The van der Waals surface area contributed by atoms with Crippen LogP contribution in [0.3, 0.4) is 0 Å². The number of aromatic nitrogens is 2. The number of hydrogen-bond acceptors (Lipinski definition) is 3. The van der Waals surface area contributed by atoms with Gasteiger partial charge in [-0.1, -0.05) is 18.2 Å². The molecule has 3 rings (SSSR count). The number of nitrogens with zero attached hydrogens (tertiary/aromatic N) is 2.